The maximum absolute atomic E-state index is 14.0. The smallest absolute Gasteiger partial charge is 0.177 e. The van der Waals surface area contributed by atoms with Crippen LogP contribution in [0.4, 0.5) is 4.39 Å². The van der Waals surface area contributed by atoms with Crippen LogP contribution in [0.25, 0.3) is 11.1 Å². The Morgan fingerprint density at radius 3 is 2.70 bits per heavy atom. The van der Waals surface area contributed by atoms with Crippen molar-refractivity contribution in [2.24, 2.45) is 5.73 Å². The van der Waals surface area contributed by atoms with Gasteiger partial charge in [0.25, 0.3) is 0 Å². The largest absolute Gasteiger partial charge is 0.504 e. The highest BCUT2D eigenvalue weighted by Crippen LogP contribution is 2.49. The minimum Gasteiger partial charge on any atom is -0.504 e. The first-order chi connectivity index (χ1) is 10.9. The third-order valence-corrected chi connectivity index (χ3v) is 4.52. The van der Waals surface area contributed by atoms with E-state index in [0.717, 1.165) is 6.07 Å². The zero-order valence-corrected chi connectivity index (χ0v) is 13.5. The molecular formula is C16H14Cl2FNO3. The SMILES string of the molecule is NC[C@H]1CCc2cc(F)cc(-c3c(Cl)cc(O)c(O)c3Cl)c2O1. The van der Waals surface area contributed by atoms with Crippen molar-refractivity contribution in [1.29, 1.82) is 0 Å². The van der Waals surface area contributed by atoms with Crippen molar-refractivity contribution in [3.63, 3.8) is 0 Å². The Morgan fingerprint density at radius 2 is 2.00 bits per heavy atom. The lowest BCUT2D eigenvalue weighted by molar-refractivity contribution is 0.182. The number of hydrogen-bond acceptors (Lipinski definition) is 4. The molecule has 2 aromatic rings. The van der Waals surface area contributed by atoms with Crippen LogP contribution < -0.4 is 10.5 Å². The van der Waals surface area contributed by atoms with Gasteiger partial charge in [-0.2, -0.15) is 0 Å². The molecule has 0 spiro atoms. The fourth-order valence-electron chi connectivity index (χ4n) is 2.71. The second kappa shape index (κ2) is 6.07. The number of hydrogen-bond donors (Lipinski definition) is 3. The average molecular weight is 358 g/mol. The van der Waals surface area contributed by atoms with E-state index in [0.29, 0.717) is 36.3 Å². The van der Waals surface area contributed by atoms with Gasteiger partial charge >= 0.3 is 0 Å². The summed E-state index contributed by atoms with van der Waals surface area (Å²) in [5, 5.41) is 19.3. The van der Waals surface area contributed by atoms with Gasteiger partial charge in [-0.05, 0) is 30.5 Å². The lowest BCUT2D eigenvalue weighted by Crippen LogP contribution is -2.30. The van der Waals surface area contributed by atoms with E-state index >= 15 is 0 Å². The number of halogens is 3. The van der Waals surface area contributed by atoms with Crippen LogP contribution in [-0.2, 0) is 6.42 Å². The Hall–Kier alpha value is -1.69. The molecule has 0 aromatic heterocycles. The van der Waals surface area contributed by atoms with Crippen LogP contribution in [0.15, 0.2) is 18.2 Å². The van der Waals surface area contributed by atoms with Gasteiger partial charge in [-0.1, -0.05) is 23.2 Å². The van der Waals surface area contributed by atoms with Crippen molar-refractivity contribution in [2.45, 2.75) is 18.9 Å². The number of benzene rings is 2. The van der Waals surface area contributed by atoms with Crippen LogP contribution in [-0.4, -0.2) is 22.9 Å². The van der Waals surface area contributed by atoms with Crippen LogP contribution in [0.3, 0.4) is 0 Å². The van der Waals surface area contributed by atoms with E-state index in [1.54, 1.807) is 0 Å². The van der Waals surface area contributed by atoms with E-state index in [2.05, 4.69) is 0 Å². The number of phenols is 2. The number of nitrogens with two attached hydrogens (primary N) is 1. The Bertz CT molecular complexity index is 783. The van der Waals surface area contributed by atoms with Crippen LogP contribution in [0.5, 0.6) is 17.2 Å². The molecule has 0 radical (unpaired) electrons. The number of phenolic OH excluding ortho intramolecular Hbond substituents is 2. The van der Waals surface area contributed by atoms with Crippen molar-refractivity contribution in [3.8, 4) is 28.4 Å². The maximum Gasteiger partial charge on any atom is 0.177 e. The predicted molar refractivity (Wildman–Crippen MR) is 87.0 cm³/mol. The molecule has 1 atom stereocenters. The molecule has 122 valence electrons. The van der Waals surface area contributed by atoms with Crippen molar-refractivity contribution in [3.05, 3.63) is 39.6 Å². The summed E-state index contributed by atoms with van der Waals surface area (Å²) >= 11 is 12.3. The lowest BCUT2D eigenvalue weighted by atomic mass is 9.95. The number of aryl methyl sites for hydroxylation is 1. The van der Waals surface area contributed by atoms with Gasteiger partial charge in [0.05, 0.1) is 10.0 Å². The highest BCUT2D eigenvalue weighted by molar-refractivity contribution is 6.40. The summed E-state index contributed by atoms with van der Waals surface area (Å²) in [6.07, 6.45) is 1.12. The van der Waals surface area contributed by atoms with E-state index in [1.165, 1.54) is 12.1 Å². The van der Waals surface area contributed by atoms with Gasteiger partial charge < -0.3 is 20.7 Å². The molecule has 1 aliphatic heterocycles. The van der Waals surface area contributed by atoms with E-state index in [4.69, 9.17) is 33.7 Å². The molecule has 0 aliphatic carbocycles. The fourth-order valence-corrected chi connectivity index (χ4v) is 3.36. The van der Waals surface area contributed by atoms with Gasteiger partial charge in [0.1, 0.15) is 17.7 Å². The Balaban J connectivity index is 2.26. The summed E-state index contributed by atoms with van der Waals surface area (Å²) in [6.45, 7) is 0.332. The third kappa shape index (κ3) is 2.80. The zero-order chi connectivity index (χ0) is 16.7. The summed E-state index contributed by atoms with van der Waals surface area (Å²) in [5.74, 6) is -0.986. The summed E-state index contributed by atoms with van der Waals surface area (Å²) in [5.41, 5.74) is 6.87. The minimum absolute atomic E-state index is 0.0802. The molecule has 1 aliphatic rings. The molecule has 0 saturated heterocycles. The van der Waals surface area contributed by atoms with Crippen LogP contribution in [0.1, 0.15) is 12.0 Å². The molecule has 0 saturated carbocycles. The Labute approximate surface area is 142 Å². The molecule has 23 heavy (non-hydrogen) atoms. The topological polar surface area (TPSA) is 75.7 Å². The molecule has 4 nitrogen and oxygen atoms in total. The number of aromatic hydroxyl groups is 2. The number of fused-ring (bicyclic) bond motifs is 1. The maximum atomic E-state index is 14.0. The summed E-state index contributed by atoms with van der Waals surface area (Å²) < 4.78 is 19.8. The monoisotopic (exact) mass is 357 g/mol. The van der Waals surface area contributed by atoms with Gasteiger partial charge in [0, 0.05) is 23.7 Å². The fraction of sp³-hybridized carbons (Fsp3) is 0.250. The highest BCUT2D eigenvalue weighted by Gasteiger charge is 2.26. The van der Waals surface area contributed by atoms with Crippen molar-refractivity contribution < 1.29 is 19.3 Å². The first-order valence-electron chi connectivity index (χ1n) is 7.01. The molecule has 4 N–H and O–H groups in total. The van der Waals surface area contributed by atoms with Crippen LogP contribution in [0.2, 0.25) is 10.0 Å². The van der Waals surface area contributed by atoms with Crippen molar-refractivity contribution in [2.75, 3.05) is 6.54 Å². The quantitative estimate of drug-likeness (QED) is 0.713. The second-order valence-electron chi connectivity index (χ2n) is 5.37. The van der Waals surface area contributed by atoms with Gasteiger partial charge in [-0.25, -0.2) is 4.39 Å². The Morgan fingerprint density at radius 1 is 1.26 bits per heavy atom. The molecule has 3 rings (SSSR count). The molecule has 0 fully saturated rings. The highest BCUT2D eigenvalue weighted by atomic mass is 35.5. The molecule has 0 bridgehead atoms. The molecule has 1 heterocycles. The van der Waals surface area contributed by atoms with E-state index in [1.807, 2.05) is 0 Å². The third-order valence-electron chi connectivity index (χ3n) is 3.86. The van der Waals surface area contributed by atoms with Gasteiger partial charge in [0.15, 0.2) is 11.5 Å². The summed E-state index contributed by atoms with van der Waals surface area (Å²) in [4.78, 5) is 0. The Kier molecular flexibility index (Phi) is 4.27. The van der Waals surface area contributed by atoms with E-state index in [9.17, 15) is 14.6 Å². The normalized spacial score (nSPS) is 16.8. The molecule has 7 heteroatoms. The number of ether oxygens (including phenoxy) is 1. The lowest BCUT2D eigenvalue weighted by Gasteiger charge is -2.28. The second-order valence-corrected chi connectivity index (χ2v) is 6.16. The van der Waals surface area contributed by atoms with E-state index in [-0.39, 0.29) is 21.7 Å². The van der Waals surface area contributed by atoms with Gasteiger partial charge in [0.2, 0.25) is 0 Å². The summed E-state index contributed by atoms with van der Waals surface area (Å²) in [6, 6.07) is 3.79. The molecule has 2 aromatic carbocycles. The molecule has 0 unspecified atom stereocenters. The first-order valence-corrected chi connectivity index (χ1v) is 7.77. The summed E-state index contributed by atoms with van der Waals surface area (Å²) in [7, 11) is 0. The average Bonchev–Trinajstić information content (AvgIpc) is 2.52. The van der Waals surface area contributed by atoms with Crippen LogP contribution in [0, 0.1) is 5.82 Å². The first kappa shape index (κ1) is 16.2. The van der Waals surface area contributed by atoms with Gasteiger partial charge in [-0.3, -0.25) is 0 Å². The van der Waals surface area contributed by atoms with Gasteiger partial charge in [-0.15, -0.1) is 0 Å². The zero-order valence-electron chi connectivity index (χ0n) is 11.9. The molecule has 0 amide bonds. The predicted octanol–water partition coefficient (Wildman–Crippen LogP) is 3.86. The van der Waals surface area contributed by atoms with Crippen molar-refractivity contribution >= 4 is 23.2 Å². The molecular weight excluding hydrogens is 344 g/mol. The standard InChI is InChI=1S/C16H14Cl2FNO3/c17-11-5-12(21)15(22)14(18)13(11)10-4-8(19)3-7-1-2-9(6-20)23-16(7)10/h3-5,9,21-22H,1-2,6,20H2/t9-/m1/s1. The number of rotatable bonds is 2. The minimum atomic E-state index is -0.518. The van der Waals surface area contributed by atoms with Crippen molar-refractivity contribution in [1.82, 2.24) is 0 Å². The van der Waals surface area contributed by atoms with E-state index < -0.39 is 17.3 Å². The van der Waals surface area contributed by atoms with Crippen LogP contribution >= 0.6 is 23.2 Å².